The van der Waals surface area contributed by atoms with Crippen LogP contribution in [0.3, 0.4) is 0 Å². The lowest BCUT2D eigenvalue weighted by Gasteiger charge is -1.89. The van der Waals surface area contributed by atoms with Crippen molar-refractivity contribution in [1.29, 1.82) is 0 Å². The van der Waals surface area contributed by atoms with Crippen LogP contribution in [0.15, 0.2) is 28.1 Å². The molecule has 0 bridgehead atoms. The van der Waals surface area contributed by atoms with Crippen molar-refractivity contribution in [3.8, 4) is 0 Å². The number of aromatic carboxylic acids is 1. The third-order valence-electron chi connectivity index (χ3n) is 1.67. The monoisotopic (exact) mass is 209 g/mol. The number of nitrogens with zero attached hydrogens (tertiary/aromatic N) is 1. The first-order valence-electron chi connectivity index (χ1n) is 3.96. The van der Waals surface area contributed by atoms with Crippen LogP contribution >= 0.6 is 11.3 Å². The molecule has 2 heterocycles. The lowest BCUT2D eigenvalue weighted by molar-refractivity contribution is 0.0660. The largest absolute Gasteiger partial charge is 0.475 e. The zero-order chi connectivity index (χ0) is 9.97. The standard InChI is InChI=1S/C9H7NO3S/c11-9(12)7-5-10-8(13-7)4-6-2-1-3-14-6/h1-3,5H,4H2,(H,11,12). The minimum absolute atomic E-state index is 0.114. The molecule has 0 spiro atoms. The normalized spacial score (nSPS) is 10.3. The van der Waals surface area contributed by atoms with E-state index in [0.717, 1.165) is 4.88 Å². The molecule has 0 aromatic carbocycles. The van der Waals surface area contributed by atoms with Crippen LogP contribution in [-0.4, -0.2) is 16.1 Å². The van der Waals surface area contributed by atoms with E-state index in [1.807, 2.05) is 17.5 Å². The van der Waals surface area contributed by atoms with Gasteiger partial charge in [-0.25, -0.2) is 9.78 Å². The average molecular weight is 209 g/mol. The number of thiophene rings is 1. The summed E-state index contributed by atoms with van der Waals surface area (Å²) in [6, 6.07) is 3.89. The van der Waals surface area contributed by atoms with Crippen molar-refractivity contribution < 1.29 is 14.3 Å². The molecular formula is C9H7NO3S. The first kappa shape index (κ1) is 8.96. The van der Waals surface area contributed by atoms with Crippen LogP contribution < -0.4 is 0 Å². The summed E-state index contributed by atoms with van der Waals surface area (Å²) in [6.07, 6.45) is 1.77. The molecule has 2 rings (SSSR count). The summed E-state index contributed by atoms with van der Waals surface area (Å²) in [7, 11) is 0. The molecule has 0 aliphatic heterocycles. The van der Waals surface area contributed by atoms with Gasteiger partial charge < -0.3 is 9.52 Å². The fourth-order valence-corrected chi connectivity index (χ4v) is 1.75. The maximum atomic E-state index is 10.5. The van der Waals surface area contributed by atoms with Gasteiger partial charge in [0.2, 0.25) is 11.7 Å². The summed E-state index contributed by atoms with van der Waals surface area (Å²) in [5, 5.41) is 10.5. The molecule has 0 amide bonds. The summed E-state index contributed by atoms with van der Waals surface area (Å²) in [5.74, 6) is -0.767. The van der Waals surface area contributed by atoms with Crippen molar-refractivity contribution in [2.24, 2.45) is 0 Å². The van der Waals surface area contributed by atoms with Crippen LogP contribution in [0.25, 0.3) is 0 Å². The lowest BCUT2D eigenvalue weighted by Crippen LogP contribution is -1.91. The van der Waals surface area contributed by atoms with E-state index in [4.69, 9.17) is 9.52 Å². The molecule has 5 heteroatoms. The molecule has 14 heavy (non-hydrogen) atoms. The van der Waals surface area contributed by atoms with Crippen LogP contribution in [0, 0.1) is 0 Å². The van der Waals surface area contributed by atoms with E-state index in [1.165, 1.54) is 6.20 Å². The highest BCUT2D eigenvalue weighted by molar-refractivity contribution is 7.09. The SMILES string of the molecule is O=C(O)c1cnc(Cc2cccs2)o1. The number of carbonyl (C=O) groups is 1. The van der Waals surface area contributed by atoms with E-state index >= 15 is 0 Å². The fourth-order valence-electron chi connectivity index (χ4n) is 1.05. The van der Waals surface area contributed by atoms with E-state index in [9.17, 15) is 4.79 Å². The van der Waals surface area contributed by atoms with Crippen LogP contribution in [0.4, 0.5) is 0 Å². The third-order valence-corrected chi connectivity index (χ3v) is 2.55. The Balaban J connectivity index is 2.14. The number of carboxylic acids is 1. The molecule has 0 unspecified atom stereocenters. The van der Waals surface area contributed by atoms with E-state index in [0.29, 0.717) is 12.3 Å². The minimum Gasteiger partial charge on any atom is -0.475 e. The van der Waals surface area contributed by atoms with Crippen LogP contribution in [0.5, 0.6) is 0 Å². The molecule has 0 saturated carbocycles. The maximum absolute atomic E-state index is 10.5. The Morgan fingerprint density at radius 2 is 2.50 bits per heavy atom. The van der Waals surface area contributed by atoms with E-state index < -0.39 is 5.97 Å². The minimum atomic E-state index is -1.09. The highest BCUT2D eigenvalue weighted by Gasteiger charge is 2.10. The number of rotatable bonds is 3. The summed E-state index contributed by atoms with van der Waals surface area (Å²) < 4.78 is 5.01. The van der Waals surface area contributed by atoms with E-state index in [-0.39, 0.29) is 5.76 Å². The molecule has 0 atom stereocenters. The van der Waals surface area contributed by atoms with Gasteiger partial charge in [-0.3, -0.25) is 0 Å². The maximum Gasteiger partial charge on any atom is 0.373 e. The van der Waals surface area contributed by atoms with Gasteiger partial charge in [-0.15, -0.1) is 11.3 Å². The number of carboxylic acid groups (broad SMARTS) is 1. The van der Waals surface area contributed by atoms with Gasteiger partial charge in [-0.1, -0.05) is 6.07 Å². The highest BCUT2D eigenvalue weighted by Crippen LogP contribution is 2.14. The van der Waals surface area contributed by atoms with Gasteiger partial charge in [0.25, 0.3) is 0 Å². The van der Waals surface area contributed by atoms with E-state index in [2.05, 4.69) is 4.98 Å². The zero-order valence-corrected chi connectivity index (χ0v) is 7.95. The predicted molar refractivity (Wildman–Crippen MR) is 50.6 cm³/mol. The summed E-state index contributed by atoms with van der Waals surface area (Å²) in [5.41, 5.74) is 0. The molecule has 0 saturated heterocycles. The van der Waals surface area contributed by atoms with Crippen molar-refractivity contribution in [2.45, 2.75) is 6.42 Å². The van der Waals surface area contributed by atoms with Gasteiger partial charge >= 0.3 is 5.97 Å². The van der Waals surface area contributed by atoms with Crippen molar-refractivity contribution in [2.75, 3.05) is 0 Å². The van der Waals surface area contributed by atoms with Crippen molar-refractivity contribution in [1.82, 2.24) is 4.98 Å². The Bertz CT molecular complexity index is 433. The summed E-state index contributed by atoms with van der Waals surface area (Å²) in [6.45, 7) is 0. The van der Waals surface area contributed by atoms with Crippen LogP contribution in [0.2, 0.25) is 0 Å². The Morgan fingerprint density at radius 1 is 1.64 bits per heavy atom. The first-order valence-corrected chi connectivity index (χ1v) is 4.84. The van der Waals surface area contributed by atoms with Crippen molar-refractivity contribution >= 4 is 17.3 Å². The van der Waals surface area contributed by atoms with E-state index in [1.54, 1.807) is 11.3 Å². The molecule has 0 fully saturated rings. The second-order valence-electron chi connectivity index (χ2n) is 2.68. The quantitative estimate of drug-likeness (QED) is 0.840. The molecule has 0 aliphatic carbocycles. The van der Waals surface area contributed by atoms with Gasteiger partial charge in [-0.05, 0) is 11.4 Å². The zero-order valence-electron chi connectivity index (χ0n) is 7.14. The fraction of sp³-hybridized carbons (Fsp3) is 0.111. The summed E-state index contributed by atoms with van der Waals surface area (Å²) in [4.78, 5) is 15.5. The van der Waals surface area contributed by atoms with Gasteiger partial charge in [0.05, 0.1) is 12.6 Å². The molecular weight excluding hydrogens is 202 g/mol. The lowest BCUT2D eigenvalue weighted by atomic mass is 10.3. The second kappa shape index (κ2) is 3.63. The first-order chi connectivity index (χ1) is 6.75. The predicted octanol–water partition coefficient (Wildman–Crippen LogP) is 2.03. The Hall–Kier alpha value is -1.62. The number of hydrogen-bond donors (Lipinski definition) is 1. The summed E-state index contributed by atoms with van der Waals surface area (Å²) >= 11 is 1.59. The number of hydrogen-bond acceptors (Lipinski definition) is 4. The van der Waals surface area contributed by atoms with Crippen LogP contribution in [0.1, 0.15) is 21.3 Å². The topological polar surface area (TPSA) is 63.3 Å². The Morgan fingerprint density at radius 3 is 3.07 bits per heavy atom. The van der Waals surface area contributed by atoms with Gasteiger partial charge in [-0.2, -0.15) is 0 Å². The van der Waals surface area contributed by atoms with Crippen molar-refractivity contribution in [3.05, 3.63) is 40.2 Å². The van der Waals surface area contributed by atoms with Gasteiger partial charge in [0.1, 0.15) is 0 Å². The molecule has 2 aromatic heterocycles. The molecule has 4 nitrogen and oxygen atoms in total. The van der Waals surface area contributed by atoms with Gasteiger partial charge in [0.15, 0.2) is 0 Å². The second-order valence-corrected chi connectivity index (χ2v) is 3.71. The molecule has 0 aliphatic rings. The molecule has 2 aromatic rings. The average Bonchev–Trinajstić information content (AvgIpc) is 2.75. The number of oxazole rings is 1. The molecule has 1 N–H and O–H groups in total. The Kier molecular flexibility index (Phi) is 2.32. The number of aromatic nitrogens is 1. The Labute approximate surface area is 83.8 Å². The highest BCUT2D eigenvalue weighted by atomic mass is 32.1. The molecule has 0 radical (unpaired) electrons. The van der Waals surface area contributed by atoms with Crippen molar-refractivity contribution in [3.63, 3.8) is 0 Å². The molecule has 72 valence electrons. The van der Waals surface area contributed by atoms with Crippen LogP contribution in [-0.2, 0) is 6.42 Å². The van der Waals surface area contributed by atoms with Gasteiger partial charge in [0, 0.05) is 4.88 Å². The third kappa shape index (κ3) is 1.82. The smallest absolute Gasteiger partial charge is 0.373 e.